The summed E-state index contributed by atoms with van der Waals surface area (Å²) in [5.74, 6) is -8.26. The van der Waals surface area contributed by atoms with Crippen molar-refractivity contribution >= 4 is 23.8 Å². The number of aryl methyl sites for hydroxylation is 1. The summed E-state index contributed by atoms with van der Waals surface area (Å²) >= 11 is 0. The van der Waals surface area contributed by atoms with Gasteiger partial charge in [0.15, 0.2) is 0 Å². The molecule has 2 aliphatic heterocycles. The van der Waals surface area contributed by atoms with E-state index in [2.05, 4.69) is 26.2 Å². The van der Waals surface area contributed by atoms with Crippen LogP contribution in [0, 0.1) is 6.92 Å². The number of aliphatic carboxylic acids is 3. The Morgan fingerprint density at radius 2 is 1.39 bits per heavy atom. The molecule has 2 aliphatic rings. The average Bonchev–Trinajstić information content (AvgIpc) is 2.87. The average molecular weight is 691 g/mol. The van der Waals surface area contributed by atoms with Crippen molar-refractivity contribution < 1.29 is 83.5 Å². The van der Waals surface area contributed by atoms with Crippen LogP contribution in [0.25, 0.3) is 0 Å². The molecule has 2 saturated heterocycles. The van der Waals surface area contributed by atoms with Gasteiger partial charge in [0.1, 0.15) is 11.6 Å². The van der Waals surface area contributed by atoms with Gasteiger partial charge in [0, 0.05) is 45.5 Å². The molecule has 3 rings (SSSR count). The minimum Gasteiger partial charge on any atom is -0.475 e. The van der Waals surface area contributed by atoms with E-state index in [4.69, 9.17) is 39.2 Å². The summed E-state index contributed by atoms with van der Waals surface area (Å²) < 4.78 is 106. The number of amides is 1. The zero-order chi connectivity index (χ0) is 36.1. The van der Waals surface area contributed by atoms with E-state index in [9.17, 15) is 44.3 Å². The number of aromatic nitrogens is 1. The highest BCUT2D eigenvalue weighted by Crippen LogP contribution is 2.31. The highest BCUT2D eigenvalue weighted by molar-refractivity contribution is 5.82. The van der Waals surface area contributed by atoms with Crippen molar-refractivity contribution in [3.05, 3.63) is 29.6 Å². The van der Waals surface area contributed by atoms with Crippen LogP contribution in [0.5, 0.6) is 0 Å². The number of carbonyl (C=O) groups excluding carboxylic acids is 1. The second-order valence-corrected chi connectivity index (χ2v) is 9.53. The van der Waals surface area contributed by atoms with Crippen molar-refractivity contribution in [1.29, 1.82) is 0 Å². The van der Waals surface area contributed by atoms with Gasteiger partial charge in [-0.1, -0.05) is 6.07 Å². The number of nitrogens with one attached hydrogen (secondary N) is 1. The predicted molar refractivity (Wildman–Crippen MR) is 135 cm³/mol. The lowest BCUT2D eigenvalue weighted by Crippen LogP contribution is -2.72. The summed E-state index contributed by atoms with van der Waals surface area (Å²) in [6.07, 6.45) is -15.3. The maximum absolute atomic E-state index is 12.2. The largest absolute Gasteiger partial charge is 0.490 e. The van der Waals surface area contributed by atoms with Crippen LogP contribution < -0.4 is 5.32 Å². The third-order valence-corrected chi connectivity index (χ3v) is 5.61. The minimum absolute atomic E-state index is 0.00883. The molecule has 0 radical (unpaired) electrons. The number of likely N-dealkylation sites (N-methyl/N-ethyl adjacent to an activating group) is 1. The maximum atomic E-state index is 12.2. The summed E-state index contributed by atoms with van der Waals surface area (Å²) in [5.41, 5.74) is 1.99. The van der Waals surface area contributed by atoms with E-state index in [1.54, 1.807) is 7.11 Å². The fourth-order valence-corrected chi connectivity index (χ4v) is 3.65. The van der Waals surface area contributed by atoms with Crippen molar-refractivity contribution in [3.63, 3.8) is 0 Å². The van der Waals surface area contributed by atoms with Crippen LogP contribution in [0.4, 0.5) is 39.5 Å². The fourth-order valence-electron chi connectivity index (χ4n) is 3.65. The number of carbonyl (C=O) groups is 4. The van der Waals surface area contributed by atoms with Crippen molar-refractivity contribution in [2.45, 2.75) is 43.6 Å². The monoisotopic (exact) mass is 690 g/mol. The SMILES string of the molecule is COCCNC(=O)C1COC2(CN(Cc3cccc(C)n3)C2)CN1C.O=C(O)C(F)(F)F.O=C(O)C(F)(F)F.O=C(O)C(F)(F)F. The normalized spacial score (nSPS) is 17.9. The molecule has 22 heteroatoms. The lowest BCUT2D eigenvalue weighted by atomic mass is 9.90. The second-order valence-electron chi connectivity index (χ2n) is 9.53. The van der Waals surface area contributed by atoms with Gasteiger partial charge in [0.25, 0.3) is 0 Å². The number of ether oxygens (including phenoxy) is 2. The van der Waals surface area contributed by atoms with E-state index in [0.29, 0.717) is 19.8 Å². The lowest BCUT2D eigenvalue weighted by molar-refractivity contribution is -0.199. The molecular weight excluding hydrogens is 659 g/mol. The molecule has 1 amide bonds. The van der Waals surface area contributed by atoms with Crippen LogP contribution >= 0.6 is 0 Å². The Kier molecular flexibility index (Phi) is 16.4. The molecule has 3 heterocycles. The van der Waals surface area contributed by atoms with Gasteiger partial charge < -0.3 is 30.1 Å². The highest BCUT2D eigenvalue weighted by Gasteiger charge is 2.49. The first kappa shape index (κ1) is 42.2. The second kappa shape index (κ2) is 17.8. The summed E-state index contributed by atoms with van der Waals surface area (Å²) in [7, 11) is 3.62. The van der Waals surface area contributed by atoms with Gasteiger partial charge in [-0.2, -0.15) is 39.5 Å². The Morgan fingerprint density at radius 3 is 1.76 bits per heavy atom. The number of rotatable bonds is 6. The number of pyridine rings is 1. The molecule has 1 aromatic rings. The molecular formula is C24H31F9N4O9. The summed E-state index contributed by atoms with van der Waals surface area (Å²) in [5, 5.41) is 24.3. The number of carboxylic acid groups (broad SMARTS) is 3. The number of halogens is 9. The first-order valence-electron chi connectivity index (χ1n) is 12.5. The first-order valence-corrected chi connectivity index (χ1v) is 12.5. The maximum Gasteiger partial charge on any atom is 0.490 e. The molecule has 0 aliphatic carbocycles. The molecule has 4 N–H and O–H groups in total. The van der Waals surface area contributed by atoms with Crippen molar-refractivity contribution in [1.82, 2.24) is 20.1 Å². The van der Waals surface area contributed by atoms with E-state index in [0.717, 1.165) is 37.6 Å². The van der Waals surface area contributed by atoms with Crippen LogP contribution in [0.15, 0.2) is 18.2 Å². The molecule has 0 saturated carbocycles. The molecule has 0 aromatic carbocycles. The van der Waals surface area contributed by atoms with Crippen molar-refractivity contribution in [2.75, 3.05) is 53.6 Å². The van der Waals surface area contributed by atoms with Gasteiger partial charge in [-0.05, 0) is 26.1 Å². The number of carboxylic acids is 3. The number of nitrogens with zero attached hydrogens (tertiary/aromatic N) is 3. The van der Waals surface area contributed by atoms with Crippen LogP contribution in [-0.2, 0) is 35.2 Å². The fraction of sp³-hybridized carbons (Fsp3) is 0.625. The van der Waals surface area contributed by atoms with Crippen molar-refractivity contribution in [2.24, 2.45) is 0 Å². The van der Waals surface area contributed by atoms with Crippen LogP contribution in [0.2, 0.25) is 0 Å². The number of morpholine rings is 1. The Balaban J connectivity index is 0.000000786. The molecule has 1 spiro atoms. The highest BCUT2D eigenvalue weighted by atomic mass is 19.4. The third kappa shape index (κ3) is 16.0. The van der Waals surface area contributed by atoms with E-state index >= 15 is 0 Å². The lowest BCUT2D eigenvalue weighted by Gasteiger charge is -2.54. The number of hydrogen-bond donors (Lipinski definition) is 4. The van der Waals surface area contributed by atoms with E-state index in [1.165, 1.54) is 0 Å². The smallest absolute Gasteiger partial charge is 0.475 e. The number of likely N-dealkylation sites (tertiary alicyclic amines) is 1. The topological polar surface area (TPSA) is 179 Å². The molecule has 264 valence electrons. The molecule has 13 nitrogen and oxygen atoms in total. The first-order chi connectivity index (χ1) is 20.8. The quantitative estimate of drug-likeness (QED) is 0.252. The van der Waals surface area contributed by atoms with E-state index in [1.807, 2.05) is 26.1 Å². The summed E-state index contributed by atoms with van der Waals surface area (Å²) in [6.45, 7) is 6.88. The summed E-state index contributed by atoms with van der Waals surface area (Å²) in [4.78, 5) is 47.9. The Hall–Kier alpha value is -3.76. The molecule has 1 atom stereocenters. The Labute approximate surface area is 254 Å². The van der Waals surface area contributed by atoms with E-state index in [-0.39, 0.29) is 17.6 Å². The van der Waals surface area contributed by atoms with Gasteiger partial charge in [-0.25, -0.2) is 14.4 Å². The Bertz CT molecular complexity index is 1100. The summed E-state index contributed by atoms with van der Waals surface area (Å²) in [6, 6.07) is 5.89. The molecule has 46 heavy (non-hydrogen) atoms. The molecule has 0 bridgehead atoms. The molecule has 1 aromatic heterocycles. The van der Waals surface area contributed by atoms with Crippen molar-refractivity contribution in [3.8, 4) is 0 Å². The Morgan fingerprint density at radius 1 is 0.935 bits per heavy atom. The van der Waals surface area contributed by atoms with Crippen LogP contribution in [0.1, 0.15) is 11.4 Å². The minimum atomic E-state index is -5.08. The number of methoxy groups -OCH3 is 1. The van der Waals surface area contributed by atoms with Crippen LogP contribution in [-0.4, -0.2) is 138 Å². The zero-order valence-electron chi connectivity index (χ0n) is 24.3. The van der Waals surface area contributed by atoms with Crippen LogP contribution in [0.3, 0.4) is 0 Å². The van der Waals surface area contributed by atoms with Gasteiger partial charge in [-0.3, -0.25) is 19.6 Å². The van der Waals surface area contributed by atoms with Gasteiger partial charge >= 0.3 is 36.4 Å². The molecule has 1 unspecified atom stereocenters. The van der Waals surface area contributed by atoms with E-state index < -0.39 is 36.4 Å². The number of alkyl halides is 9. The van der Waals surface area contributed by atoms with Gasteiger partial charge in [-0.15, -0.1) is 0 Å². The number of hydrogen-bond acceptors (Lipinski definition) is 9. The zero-order valence-corrected chi connectivity index (χ0v) is 24.3. The van der Waals surface area contributed by atoms with Gasteiger partial charge in [0.2, 0.25) is 5.91 Å². The predicted octanol–water partition coefficient (Wildman–Crippen LogP) is 1.94. The van der Waals surface area contributed by atoms with Gasteiger partial charge in [0.05, 0.1) is 18.9 Å². The molecule has 2 fully saturated rings. The third-order valence-electron chi connectivity index (χ3n) is 5.61. The standard InChI is InChI=1S/C18H28N4O3.3C2HF3O2/c1-14-5-4-6-15(20-14)9-22-12-18(13-22)11-21(2)16(10-25-18)17(23)19-7-8-24-3;3*3-2(4,5)1(6)7/h4-6,16H,7-13H2,1-3H3,(H,19,23);3*(H,6,7).